The van der Waals surface area contributed by atoms with Gasteiger partial charge in [0, 0.05) is 19.1 Å². The van der Waals surface area contributed by atoms with E-state index in [1.807, 2.05) is 0 Å². The SMILES string of the molecule is NC1CCSC12CNC2. The topological polar surface area (TPSA) is 38.0 Å². The highest BCUT2D eigenvalue weighted by Crippen LogP contribution is 2.39. The predicted octanol–water partition coefficient (Wildman–Crippen LogP) is -0.207. The summed E-state index contributed by atoms with van der Waals surface area (Å²) in [6.45, 7) is 2.28. The summed E-state index contributed by atoms with van der Waals surface area (Å²) in [7, 11) is 0. The van der Waals surface area contributed by atoms with E-state index in [4.69, 9.17) is 5.73 Å². The fourth-order valence-corrected chi connectivity index (χ4v) is 3.01. The summed E-state index contributed by atoms with van der Waals surface area (Å²) in [5, 5.41) is 3.27. The van der Waals surface area contributed by atoms with Crippen LogP contribution < -0.4 is 11.1 Å². The second-order valence-corrected chi connectivity index (χ2v) is 4.42. The number of rotatable bonds is 0. The number of hydrogen-bond donors (Lipinski definition) is 2. The maximum atomic E-state index is 5.91. The normalized spacial score (nSPS) is 39.0. The average molecular weight is 144 g/mol. The van der Waals surface area contributed by atoms with Gasteiger partial charge in [-0.05, 0) is 12.2 Å². The van der Waals surface area contributed by atoms with Crippen molar-refractivity contribution in [2.45, 2.75) is 17.2 Å². The molecule has 52 valence electrons. The van der Waals surface area contributed by atoms with Gasteiger partial charge in [0.05, 0.1) is 4.75 Å². The van der Waals surface area contributed by atoms with E-state index in [0.29, 0.717) is 10.8 Å². The molecule has 0 aromatic carbocycles. The third kappa shape index (κ3) is 0.719. The minimum atomic E-state index is 0.458. The van der Waals surface area contributed by atoms with E-state index in [1.165, 1.54) is 12.2 Å². The Labute approximate surface area is 59.6 Å². The molecule has 3 N–H and O–H groups in total. The number of thioether (sulfide) groups is 1. The molecular formula is C6H12N2S. The molecule has 2 fully saturated rings. The van der Waals surface area contributed by atoms with Crippen molar-refractivity contribution in [3.63, 3.8) is 0 Å². The Morgan fingerprint density at radius 1 is 1.56 bits per heavy atom. The van der Waals surface area contributed by atoms with Gasteiger partial charge in [0.1, 0.15) is 0 Å². The fourth-order valence-electron chi connectivity index (χ4n) is 1.49. The molecule has 2 rings (SSSR count). The first-order valence-electron chi connectivity index (χ1n) is 3.44. The third-order valence-corrected chi connectivity index (χ3v) is 3.95. The second kappa shape index (κ2) is 1.87. The number of hydrogen-bond acceptors (Lipinski definition) is 3. The van der Waals surface area contributed by atoms with E-state index >= 15 is 0 Å². The summed E-state index contributed by atoms with van der Waals surface area (Å²) >= 11 is 2.05. The van der Waals surface area contributed by atoms with Gasteiger partial charge in [-0.1, -0.05) is 0 Å². The number of nitrogens with two attached hydrogens (primary N) is 1. The Balaban J connectivity index is 2.09. The fraction of sp³-hybridized carbons (Fsp3) is 1.00. The van der Waals surface area contributed by atoms with Gasteiger partial charge >= 0.3 is 0 Å². The minimum absolute atomic E-state index is 0.458. The van der Waals surface area contributed by atoms with Crippen LogP contribution in [0, 0.1) is 0 Å². The van der Waals surface area contributed by atoms with E-state index in [9.17, 15) is 0 Å². The van der Waals surface area contributed by atoms with Crippen molar-refractivity contribution in [3.8, 4) is 0 Å². The van der Waals surface area contributed by atoms with E-state index in [0.717, 1.165) is 13.1 Å². The lowest BCUT2D eigenvalue weighted by Crippen LogP contribution is -2.63. The van der Waals surface area contributed by atoms with Gasteiger partial charge in [0.15, 0.2) is 0 Å². The van der Waals surface area contributed by atoms with Crippen LogP contribution in [0.3, 0.4) is 0 Å². The van der Waals surface area contributed by atoms with Crippen molar-refractivity contribution in [1.82, 2.24) is 5.32 Å². The summed E-state index contributed by atoms with van der Waals surface area (Å²) in [6.07, 6.45) is 1.21. The molecule has 2 saturated heterocycles. The molecule has 0 saturated carbocycles. The van der Waals surface area contributed by atoms with Gasteiger partial charge in [-0.25, -0.2) is 0 Å². The van der Waals surface area contributed by atoms with Crippen LogP contribution in [0.15, 0.2) is 0 Å². The molecule has 0 aliphatic carbocycles. The van der Waals surface area contributed by atoms with E-state index in [2.05, 4.69) is 17.1 Å². The Bertz CT molecular complexity index is 122. The molecule has 0 aromatic heterocycles. The zero-order valence-corrected chi connectivity index (χ0v) is 6.21. The van der Waals surface area contributed by atoms with Crippen LogP contribution in [0.4, 0.5) is 0 Å². The summed E-state index contributed by atoms with van der Waals surface area (Å²) < 4.78 is 0.458. The summed E-state index contributed by atoms with van der Waals surface area (Å²) in [4.78, 5) is 0. The second-order valence-electron chi connectivity index (χ2n) is 2.91. The van der Waals surface area contributed by atoms with Gasteiger partial charge < -0.3 is 11.1 Å². The zero-order chi connectivity index (χ0) is 6.32. The van der Waals surface area contributed by atoms with Crippen LogP contribution in [-0.4, -0.2) is 29.6 Å². The molecule has 2 aliphatic heterocycles. The van der Waals surface area contributed by atoms with Gasteiger partial charge in [-0.2, -0.15) is 11.8 Å². The van der Waals surface area contributed by atoms with Crippen molar-refractivity contribution in [3.05, 3.63) is 0 Å². The Kier molecular flexibility index (Phi) is 1.25. The Morgan fingerprint density at radius 2 is 2.33 bits per heavy atom. The van der Waals surface area contributed by atoms with Gasteiger partial charge in [0.25, 0.3) is 0 Å². The van der Waals surface area contributed by atoms with Crippen molar-refractivity contribution < 1.29 is 0 Å². The average Bonchev–Trinajstić information content (AvgIpc) is 2.07. The van der Waals surface area contributed by atoms with Crippen molar-refractivity contribution >= 4 is 11.8 Å². The molecule has 2 heterocycles. The van der Waals surface area contributed by atoms with E-state index in [-0.39, 0.29) is 0 Å². The van der Waals surface area contributed by atoms with Crippen LogP contribution in [0.1, 0.15) is 6.42 Å². The molecule has 0 amide bonds. The standard InChI is InChI=1S/C6H12N2S/c7-5-1-2-9-6(5)3-8-4-6/h5,8H,1-4,7H2. The molecule has 0 bridgehead atoms. The third-order valence-electron chi connectivity index (χ3n) is 2.34. The molecular weight excluding hydrogens is 132 g/mol. The highest BCUT2D eigenvalue weighted by Gasteiger charge is 2.46. The lowest BCUT2D eigenvalue weighted by atomic mass is 9.92. The first-order valence-corrected chi connectivity index (χ1v) is 4.42. The van der Waals surface area contributed by atoms with Crippen LogP contribution in [-0.2, 0) is 0 Å². The molecule has 1 atom stereocenters. The number of nitrogens with one attached hydrogen (secondary N) is 1. The molecule has 3 heteroatoms. The highest BCUT2D eigenvalue weighted by atomic mass is 32.2. The Hall–Kier alpha value is 0.270. The van der Waals surface area contributed by atoms with Gasteiger partial charge in [-0.15, -0.1) is 0 Å². The first kappa shape index (κ1) is 6.01. The molecule has 0 aromatic rings. The monoisotopic (exact) mass is 144 g/mol. The highest BCUT2D eigenvalue weighted by molar-refractivity contribution is 8.01. The minimum Gasteiger partial charge on any atom is -0.326 e. The Morgan fingerprint density at radius 3 is 2.56 bits per heavy atom. The van der Waals surface area contributed by atoms with Crippen molar-refractivity contribution in [2.24, 2.45) is 5.73 Å². The molecule has 2 nitrogen and oxygen atoms in total. The maximum absolute atomic E-state index is 5.91. The predicted molar refractivity (Wildman–Crippen MR) is 40.7 cm³/mol. The molecule has 1 unspecified atom stereocenters. The van der Waals surface area contributed by atoms with Gasteiger partial charge in [-0.3, -0.25) is 0 Å². The lowest BCUT2D eigenvalue weighted by molar-refractivity contribution is 0.344. The van der Waals surface area contributed by atoms with Gasteiger partial charge in [0.2, 0.25) is 0 Å². The quantitative estimate of drug-likeness (QED) is 0.494. The lowest BCUT2D eigenvalue weighted by Gasteiger charge is -2.41. The van der Waals surface area contributed by atoms with Crippen LogP contribution in [0.25, 0.3) is 0 Å². The van der Waals surface area contributed by atoms with Crippen LogP contribution >= 0.6 is 11.8 Å². The maximum Gasteiger partial charge on any atom is 0.0559 e. The van der Waals surface area contributed by atoms with E-state index in [1.54, 1.807) is 0 Å². The molecule has 0 radical (unpaired) electrons. The smallest absolute Gasteiger partial charge is 0.0559 e. The molecule has 9 heavy (non-hydrogen) atoms. The van der Waals surface area contributed by atoms with Crippen molar-refractivity contribution in [1.29, 1.82) is 0 Å². The molecule has 1 spiro atoms. The summed E-state index contributed by atoms with van der Waals surface area (Å²) in [5.41, 5.74) is 5.91. The van der Waals surface area contributed by atoms with E-state index < -0.39 is 0 Å². The van der Waals surface area contributed by atoms with Crippen molar-refractivity contribution in [2.75, 3.05) is 18.8 Å². The first-order chi connectivity index (χ1) is 4.33. The summed E-state index contributed by atoms with van der Waals surface area (Å²) in [5.74, 6) is 1.27. The largest absolute Gasteiger partial charge is 0.326 e. The summed E-state index contributed by atoms with van der Waals surface area (Å²) in [6, 6.07) is 0.462. The zero-order valence-electron chi connectivity index (χ0n) is 5.39. The molecule has 2 aliphatic rings. The van der Waals surface area contributed by atoms with Crippen LogP contribution in [0.5, 0.6) is 0 Å². The van der Waals surface area contributed by atoms with Crippen LogP contribution in [0.2, 0.25) is 0 Å².